The number of aliphatic carboxylic acids is 1. The number of esters is 1. The number of ether oxygens (including phenoxy) is 1. The monoisotopic (exact) mass is 350 g/mol. The zero-order chi connectivity index (χ0) is 18.6. The van der Waals surface area contributed by atoms with Crippen molar-refractivity contribution in [2.45, 2.75) is 30.8 Å². The molecule has 0 saturated carbocycles. The Hall–Kier alpha value is -2.04. The van der Waals surface area contributed by atoms with E-state index in [1.54, 1.807) is 0 Å². The second kappa shape index (κ2) is 7.02. The van der Waals surface area contributed by atoms with Gasteiger partial charge in [-0.15, -0.1) is 0 Å². The summed E-state index contributed by atoms with van der Waals surface area (Å²) in [4.78, 5) is 21.6. The van der Waals surface area contributed by atoms with Crippen molar-refractivity contribution >= 4 is 11.9 Å². The van der Waals surface area contributed by atoms with Crippen LogP contribution in [-0.2, 0) is 14.3 Å². The van der Waals surface area contributed by atoms with Gasteiger partial charge in [-0.05, 0) is 12.8 Å². The van der Waals surface area contributed by atoms with Crippen LogP contribution in [0.25, 0.3) is 0 Å². The Kier molecular flexibility index (Phi) is 6.40. The molecule has 0 aliphatic rings. The van der Waals surface area contributed by atoms with E-state index in [9.17, 15) is 35.9 Å². The molecule has 0 aliphatic carbocycles. The van der Waals surface area contributed by atoms with Crippen LogP contribution in [0.1, 0.15) is 12.8 Å². The Morgan fingerprint density at radius 3 is 1.74 bits per heavy atom. The van der Waals surface area contributed by atoms with Gasteiger partial charge in [0.25, 0.3) is 5.60 Å². The van der Waals surface area contributed by atoms with Crippen LogP contribution in [0.5, 0.6) is 0 Å². The predicted octanol–water partition coefficient (Wildman–Crippen LogP) is 2.36. The molecule has 0 aromatic heterocycles. The zero-order valence-corrected chi connectivity index (χ0v) is 11.4. The number of carboxylic acids is 1. The number of carboxylic acid groups (broad SMARTS) is 1. The normalized spacial score (nSPS) is 12.7. The van der Waals surface area contributed by atoms with Crippen molar-refractivity contribution in [3.05, 3.63) is 24.3 Å². The first-order chi connectivity index (χ1) is 10.1. The molecule has 0 radical (unpaired) electrons. The Labute approximate surface area is 125 Å². The maximum Gasteiger partial charge on any atom is 0.426 e. The fraction of sp³-hybridized carbons (Fsp3) is 0.500. The van der Waals surface area contributed by atoms with Gasteiger partial charge in [0.1, 0.15) is 6.61 Å². The lowest BCUT2D eigenvalue weighted by atomic mass is 9.94. The third-order valence-corrected chi connectivity index (χ3v) is 2.70. The van der Waals surface area contributed by atoms with Crippen LogP contribution < -0.4 is 0 Å². The van der Waals surface area contributed by atoms with E-state index >= 15 is 0 Å². The van der Waals surface area contributed by atoms with Gasteiger partial charge in [0, 0.05) is 5.57 Å². The second-order valence-electron chi connectivity index (χ2n) is 4.44. The lowest BCUT2D eigenvalue weighted by Gasteiger charge is -2.32. The van der Waals surface area contributed by atoms with Crippen LogP contribution in [0.2, 0.25) is 0 Å². The lowest BCUT2D eigenvalue weighted by Crippen LogP contribution is -2.56. The molecule has 5 nitrogen and oxygen atoms in total. The van der Waals surface area contributed by atoms with Crippen molar-refractivity contribution in [2.75, 3.05) is 6.61 Å². The largest absolute Gasteiger partial charge is 0.478 e. The quantitative estimate of drug-likeness (QED) is 0.418. The van der Waals surface area contributed by atoms with E-state index in [4.69, 9.17) is 10.2 Å². The average molecular weight is 350 g/mol. The molecule has 0 saturated heterocycles. The SMILES string of the molecule is C=C(COC(=O)C(=C)CCC(O)(C(F)(F)F)C(F)(F)F)C(=O)O. The third-order valence-electron chi connectivity index (χ3n) is 2.70. The summed E-state index contributed by atoms with van der Waals surface area (Å²) >= 11 is 0. The highest BCUT2D eigenvalue weighted by molar-refractivity contribution is 5.90. The maximum absolute atomic E-state index is 12.4. The Balaban J connectivity index is 4.82. The van der Waals surface area contributed by atoms with Crippen molar-refractivity contribution in [3.8, 4) is 0 Å². The molecule has 132 valence electrons. The summed E-state index contributed by atoms with van der Waals surface area (Å²) < 4.78 is 78.7. The maximum atomic E-state index is 12.4. The fourth-order valence-electron chi connectivity index (χ4n) is 1.19. The molecular weight excluding hydrogens is 338 g/mol. The van der Waals surface area contributed by atoms with Gasteiger partial charge in [0.2, 0.25) is 0 Å². The summed E-state index contributed by atoms with van der Waals surface area (Å²) in [6, 6.07) is 0. The number of hydrogen-bond donors (Lipinski definition) is 2. The molecule has 11 heteroatoms. The van der Waals surface area contributed by atoms with Crippen molar-refractivity contribution in [1.82, 2.24) is 0 Å². The predicted molar refractivity (Wildman–Crippen MR) is 63.2 cm³/mol. The van der Waals surface area contributed by atoms with Crippen LogP contribution in [0.4, 0.5) is 26.3 Å². The van der Waals surface area contributed by atoms with E-state index in [2.05, 4.69) is 17.9 Å². The van der Waals surface area contributed by atoms with Crippen LogP contribution in [-0.4, -0.2) is 46.7 Å². The average Bonchev–Trinajstić information content (AvgIpc) is 2.38. The van der Waals surface area contributed by atoms with Gasteiger partial charge < -0.3 is 14.9 Å². The standard InChI is InChI=1S/C12H12F6O5/c1-6(9(21)23-5-7(2)8(19)20)3-4-10(22,11(13,14)15)12(16,17)18/h22H,1-5H2,(H,19,20). The van der Waals surface area contributed by atoms with Gasteiger partial charge in [0.15, 0.2) is 0 Å². The molecule has 2 N–H and O–H groups in total. The fourth-order valence-corrected chi connectivity index (χ4v) is 1.19. The summed E-state index contributed by atoms with van der Waals surface area (Å²) in [5.41, 5.74) is -6.36. The van der Waals surface area contributed by atoms with Crippen LogP contribution in [0.15, 0.2) is 24.3 Å². The highest BCUT2D eigenvalue weighted by Gasteiger charge is 2.69. The smallest absolute Gasteiger partial charge is 0.426 e. The molecule has 0 amide bonds. The van der Waals surface area contributed by atoms with Gasteiger partial charge in [-0.1, -0.05) is 13.2 Å². The molecule has 0 atom stereocenters. The van der Waals surface area contributed by atoms with E-state index in [-0.39, 0.29) is 0 Å². The van der Waals surface area contributed by atoms with E-state index in [0.717, 1.165) is 0 Å². The molecule has 0 unspecified atom stereocenters. The first-order valence-corrected chi connectivity index (χ1v) is 5.75. The second-order valence-corrected chi connectivity index (χ2v) is 4.44. The van der Waals surface area contributed by atoms with Gasteiger partial charge in [-0.2, -0.15) is 26.3 Å². The highest BCUT2D eigenvalue weighted by atomic mass is 19.4. The highest BCUT2D eigenvalue weighted by Crippen LogP contribution is 2.46. The molecule has 0 bridgehead atoms. The summed E-state index contributed by atoms with van der Waals surface area (Å²) in [7, 11) is 0. The Morgan fingerprint density at radius 2 is 1.39 bits per heavy atom. The number of carbonyl (C=O) groups excluding carboxylic acids is 1. The molecule has 23 heavy (non-hydrogen) atoms. The van der Waals surface area contributed by atoms with Crippen molar-refractivity contribution in [2.24, 2.45) is 0 Å². The Bertz CT molecular complexity index is 491. The molecular formula is C12H12F6O5. The van der Waals surface area contributed by atoms with E-state index in [0.29, 0.717) is 0 Å². The topological polar surface area (TPSA) is 83.8 Å². The molecule has 0 aromatic rings. The van der Waals surface area contributed by atoms with E-state index in [1.165, 1.54) is 0 Å². The van der Waals surface area contributed by atoms with E-state index < -0.39 is 60.5 Å². The molecule has 0 aliphatic heterocycles. The van der Waals surface area contributed by atoms with Crippen LogP contribution in [0.3, 0.4) is 0 Å². The zero-order valence-electron chi connectivity index (χ0n) is 11.4. The number of halogens is 6. The number of rotatable bonds is 7. The minimum Gasteiger partial charge on any atom is -0.478 e. The van der Waals surface area contributed by atoms with Gasteiger partial charge in [-0.25, -0.2) is 9.59 Å². The molecule has 0 fully saturated rings. The molecule has 0 aromatic carbocycles. The summed E-state index contributed by atoms with van der Waals surface area (Å²) in [6.07, 6.45) is -15.1. The summed E-state index contributed by atoms with van der Waals surface area (Å²) in [5, 5.41) is 17.3. The Morgan fingerprint density at radius 1 is 0.957 bits per heavy atom. The molecule has 0 rings (SSSR count). The van der Waals surface area contributed by atoms with Crippen LogP contribution in [0, 0.1) is 0 Å². The summed E-state index contributed by atoms with van der Waals surface area (Å²) in [5.74, 6) is -2.91. The van der Waals surface area contributed by atoms with Crippen LogP contribution >= 0.6 is 0 Å². The number of hydrogen-bond acceptors (Lipinski definition) is 4. The first-order valence-electron chi connectivity index (χ1n) is 5.75. The van der Waals surface area contributed by atoms with E-state index in [1.807, 2.05) is 0 Å². The molecule has 0 spiro atoms. The minimum atomic E-state index is -6.01. The van der Waals surface area contributed by atoms with Gasteiger partial charge in [-0.3, -0.25) is 0 Å². The van der Waals surface area contributed by atoms with Crippen molar-refractivity contribution < 1.29 is 50.9 Å². The van der Waals surface area contributed by atoms with Gasteiger partial charge >= 0.3 is 24.3 Å². The molecule has 0 heterocycles. The number of carbonyl (C=O) groups is 2. The van der Waals surface area contributed by atoms with Crippen molar-refractivity contribution in [3.63, 3.8) is 0 Å². The number of aliphatic hydroxyl groups is 1. The third kappa shape index (κ3) is 5.27. The minimum absolute atomic E-state index is 0.562. The van der Waals surface area contributed by atoms with Crippen molar-refractivity contribution in [1.29, 1.82) is 0 Å². The summed E-state index contributed by atoms with van der Waals surface area (Å²) in [6.45, 7) is 5.12. The number of alkyl halides is 6. The lowest BCUT2D eigenvalue weighted by molar-refractivity contribution is -0.369. The van der Waals surface area contributed by atoms with Gasteiger partial charge in [0.05, 0.1) is 5.57 Å². The first kappa shape index (κ1) is 21.0.